The molecule has 0 radical (unpaired) electrons. The van der Waals surface area contributed by atoms with Gasteiger partial charge >= 0.3 is 18.3 Å². The molecule has 16 heteroatoms. The van der Waals surface area contributed by atoms with E-state index < -0.39 is 35.0 Å². The van der Waals surface area contributed by atoms with E-state index in [0.29, 0.717) is 80.8 Å². The lowest BCUT2D eigenvalue weighted by Crippen LogP contribution is -2.43. The van der Waals surface area contributed by atoms with Crippen LogP contribution in [0.5, 0.6) is 17.5 Å². The molecule has 3 saturated heterocycles. The van der Waals surface area contributed by atoms with Gasteiger partial charge in [0.1, 0.15) is 41.5 Å². The second-order valence-electron chi connectivity index (χ2n) is 19.7. The van der Waals surface area contributed by atoms with Gasteiger partial charge in [-0.1, -0.05) is 31.2 Å². The maximum absolute atomic E-state index is 15.4. The van der Waals surface area contributed by atoms with E-state index >= 15 is 13.2 Å². The van der Waals surface area contributed by atoms with E-state index in [1.807, 2.05) is 88.2 Å². The molecule has 1 aliphatic carbocycles. The molecule has 0 unspecified atom stereocenters. The monoisotopic (exact) mass is 917 g/mol. The Labute approximate surface area is 385 Å². The van der Waals surface area contributed by atoms with E-state index in [1.54, 1.807) is 25.2 Å². The largest absolute Gasteiger partial charge is 0.497 e. The summed E-state index contributed by atoms with van der Waals surface area (Å²) < 4.78 is 84.1. The van der Waals surface area contributed by atoms with Gasteiger partial charge in [-0.3, -0.25) is 4.90 Å². The average Bonchev–Trinajstić information content (AvgIpc) is 3.99. The summed E-state index contributed by atoms with van der Waals surface area (Å²) in [4.78, 5) is 36.1. The Hall–Kier alpha value is -5.38. The molecule has 2 aromatic carbocycles. The maximum Gasteiger partial charge on any atom is 0.418 e. The third kappa shape index (κ3) is 10.1. The Morgan fingerprint density at radius 2 is 1.56 bits per heavy atom. The zero-order valence-corrected chi connectivity index (χ0v) is 39.4. The van der Waals surface area contributed by atoms with Crippen molar-refractivity contribution in [3.05, 3.63) is 93.8 Å². The van der Waals surface area contributed by atoms with Gasteiger partial charge in [0.15, 0.2) is 0 Å². The third-order valence-electron chi connectivity index (χ3n) is 13.9. The zero-order chi connectivity index (χ0) is 47.1. The van der Waals surface area contributed by atoms with E-state index in [0.717, 1.165) is 36.1 Å². The Morgan fingerprint density at radius 1 is 0.909 bits per heavy atom. The van der Waals surface area contributed by atoms with E-state index in [4.69, 9.17) is 33.9 Å². The van der Waals surface area contributed by atoms with Crippen molar-refractivity contribution >= 4 is 17.7 Å². The molecule has 2 aromatic heterocycles. The molecule has 5 atom stereocenters. The summed E-state index contributed by atoms with van der Waals surface area (Å²) in [6, 6.07) is 16.8. The van der Waals surface area contributed by atoms with E-state index in [-0.39, 0.29) is 48.3 Å². The molecule has 66 heavy (non-hydrogen) atoms. The van der Waals surface area contributed by atoms with Gasteiger partial charge in [0, 0.05) is 63.7 Å². The fourth-order valence-corrected chi connectivity index (χ4v) is 10.4. The van der Waals surface area contributed by atoms with Crippen LogP contribution >= 0.6 is 0 Å². The number of aryl methyl sites for hydroxylation is 1. The highest BCUT2D eigenvalue weighted by atomic mass is 19.4. The number of carbonyl (C=O) groups is 1. The molecule has 1 amide bonds. The van der Waals surface area contributed by atoms with Crippen molar-refractivity contribution in [3.63, 3.8) is 0 Å². The first-order chi connectivity index (χ1) is 31.3. The lowest BCUT2D eigenvalue weighted by atomic mass is 9.75. The number of hydrogen-bond acceptors (Lipinski definition) is 11. The van der Waals surface area contributed by atoms with Gasteiger partial charge in [-0.15, -0.1) is 0 Å². The molecule has 5 heterocycles. The Kier molecular flexibility index (Phi) is 13.4. The minimum Gasteiger partial charge on any atom is -0.497 e. The lowest BCUT2D eigenvalue weighted by molar-refractivity contribution is -0.139. The molecule has 8 rings (SSSR count). The number of alkyl halides is 4. The number of likely N-dealkylation sites (N-methyl/N-ethyl adjacent to an activating group) is 1. The fraction of sp³-hybridized carbons (Fsp3) is 0.560. The van der Waals surface area contributed by atoms with Crippen LogP contribution in [0.15, 0.2) is 54.6 Å². The molecule has 12 nitrogen and oxygen atoms in total. The van der Waals surface area contributed by atoms with Crippen molar-refractivity contribution in [1.29, 1.82) is 0 Å². The van der Waals surface area contributed by atoms with Crippen molar-refractivity contribution in [2.75, 3.05) is 63.9 Å². The number of halogens is 4. The second kappa shape index (κ2) is 18.7. The van der Waals surface area contributed by atoms with E-state index in [2.05, 4.69) is 9.80 Å². The number of pyridine rings is 1. The number of hydrogen-bond donors (Lipinski definition) is 0. The maximum atomic E-state index is 15.4. The van der Waals surface area contributed by atoms with E-state index in [1.165, 1.54) is 6.92 Å². The van der Waals surface area contributed by atoms with Gasteiger partial charge in [-0.05, 0) is 119 Å². The topological polar surface area (TPSA) is 106 Å². The predicted octanol–water partition coefficient (Wildman–Crippen LogP) is 9.34. The summed E-state index contributed by atoms with van der Waals surface area (Å²) in [6.07, 6.45) is -2.72. The summed E-state index contributed by atoms with van der Waals surface area (Å²) in [7, 11) is 5.14. The fourth-order valence-electron chi connectivity index (χ4n) is 10.4. The van der Waals surface area contributed by atoms with Crippen molar-refractivity contribution in [2.45, 2.75) is 122 Å². The first kappa shape index (κ1) is 47.1. The SMILES string of the molecule is COc1ccc(CN(Cc2ccc(OC)cc2)c2cc(C)c(C(F)(F)F)c([C@H]3Cc4nc(OC[C@@]56CCCN5C[C@H](F)C6)nc(N(C)[C@@H]5CCN(C(=O)OC(C)(C)C)C5)c4C[C@@H]3C)n2)cc1. The van der Waals surface area contributed by atoms with Crippen LogP contribution in [-0.2, 0) is 36.8 Å². The molecule has 0 N–H and O–H groups in total. The normalized spacial score (nSPS) is 23.1. The Balaban J connectivity index is 1.17. The molecule has 3 aliphatic heterocycles. The number of aromatic nitrogens is 3. The van der Waals surface area contributed by atoms with Gasteiger partial charge < -0.3 is 33.6 Å². The van der Waals surface area contributed by atoms with Crippen molar-refractivity contribution in [2.24, 2.45) is 5.92 Å². The first-order valence-corrected chi connectivity index (χ1v) is 23.0. The number of fused-ring (bicyclic) bond motifs is 2. The molecule has 356 valence electrons. The summed E-state index contributed by atoms with van der Waals surface area (Å²) >= 11 is 0. The second-order valence-corrected chi connectivity index (χ2v) is 19.7. The summed E-state index contributed by atoms with van der Waals surface area (Å²) in [5.74, 6) is 1.47. The van der Waals surface area contributed by atoms with Crippen LogP contribution in [0.25, 0.3) is 0 Å². The highest BCUT2D eigenvalue weighted by molar-refractivity contribution is 5.69. The Bertz CT molecular complexity index is 2310. The molecule has 4 aliphatic rings. The molecule has 0 saturated carbocycles. The van der Waals surface area contributed by atoms with Crippen molar-refractivity contribution in [3.8, 4) is 17.5 Å². The molecule has 0 spiro atoms. The molecule has 3 fully saturated rings. The van der Waals surface area contributed by atoms with Gasteiger partial charge in [0.25, 0.3) is 0 Å². The average molecular weight is 918 g/mol. The van der Waals surface area contributed by atoms with Gasteiger partial charge in [-0.2, -0.15) is 23.1 Å². The standard InChI is InChI=1S/C50H63F4N7O5/c1-31-22-40-41(55-46(65-30-49-19-9-20-61(49)28-35(51)25-49)57-45(40)58(6)36-18-21-59(29-36)47(62)66-48(3,4)5)24-39(31)44-43(50(52,53)54)32(2)23-42(56-44)60(26-33-10-14-37(63-7)15-11-33)27-34-12-16-38(64-8)17-13-34/h10-17,23,31,35-36,39H,9,18-22,24-30H2,1-8H3/t31-,35+,36+,39-,49-/m0/s1. The Morgan fingerprint density at radius 3 is 2.17 bits per heavy atom. The van der Waals surface area contributed by atoms with Crippen molar-refractivity contribution in [1.82, 2.24) is 24.8 Å². The van der Waals surface area contributed by atoms with Gasteiger partial charge in [-0.25, -0.2) is 14.2 Å². The highest BCUT2D eigenvalue weighted by Gasteiger charge is 2.50. The first-order valence-electron chi connectivity index (χ1n) is 23.0. The number of anilines is 2. The minimum absolute atomic E-state index is 0.0228. The van der Waals surface area contributed by atoms with Crippen LogP contribution in [0, 0.1) is 12.8 Å². The van der Waals surface area contributed by atoms with Crippen LogP contribution in [0.4, 0.5) is 34.0 Å². The number of likely N-dealkylation sites (tertiary alicyclic amines) is 1. The summed E-state index contributed by atoms with van der Waals surface area (Å²) in [6.45, 7) is 12.0. The number of nitrogens with zero attached hydrogens (tertiary/aromatic N) is 7. The lowest BCUT2D eigenvalue weighted by Gasteiger charge is -2.36. The van der Waals surface area contributed by atoms with Crippen LogP contribution in [-0.4, -0.2) is 108 Å². The number of methoxy groups -OCH3 is 2. The van der Waals surface area contributed by atoms with Crippen LogP contribution < -0.4 is 24.0 Å². The highest BCUT2D eigenvalue weighted by Crippen LogP contribution is 2.46. The van der Waals surface area contributed by atoms with Crippen LogP contribution in [0.3, 0.4) is 0 Å². The predicted molar refractivity (Wildman–Crippen MR) is 244 cm³/mol. The summed E-state index contributed by atoms with van der Waals surface area (Å²) in [5.41, 5.74) is 1.50. The van der Waals surface area contributed by atoms with Gasteiger partial charge in [0.05, 0.1) is 36.7 Å². The van der Waals surface area contributed by atoms with E-state index in [9.17, 15) is 9.18 Å². The number of benzene rings is 2. The zero-order valence-electron chi connectivity index (χ0n) is 39.4. The molecule has 0 bridgehead atoms. The minimum atomic E-state index is -4.68. The molecular formula is C50H63F4N7O5. The van der Waals surface area contributed by atoms with Crippen LogP contribution in [0.2, 0.25) is 0 Å². The van der Waals surface area contributed by atoms with Crippen molar-refractivity contribution < 1.29 is 41.3 Å². The molecular weight excluding hydrogens is 855 g/mol. The quantitative estimate of drug-likeness (QED) is 0.120. The number of ether oxygens (including phenoxy) is 4. The van der Waals surface area contributed by atoms with Gasteiger partial charge in [0.2, 0.25) is 0 Å². The third-order valence-corrected chi connectivity index (χ3v) is 13.9. The number of amides is 1. The number of rotatable bonds is 13. The smallest absolute Gasteiger partial charge is 0.418 e. The number of carbonyl (C=O) groups excluding carboxylic acids is 1. The van der Waals surface area contributed by atoms with Crippen LogP contribution in [0.1, 0.15) is 98.5 Å². The summed E-state index contributed by atoms with van der Waals surface area (Å²) in [5, 5.41) is 0. The molecule has 4 aromatic rings.